The number of rotatable bonds is 4. The summed E-state index contributed by atoms with van der Waals surface area (Å²) in [5.74, 6) is -0.582. The van der Waals surface area contributed by atoms with Gasteiger partial charge in [-0.3, -0.25) is 4.79 Å². The lowest BCUT2D eigenvalue weighted by molar-refractivity contribution is -0.117. The Morgan fingerprint density at radius 1 is 1.41 bits per heavy atom. The van der Waals surface area contributed by atoms with Gasteiger partial charge in [0.1, 0.15) is 11.0 Å². The Hall–Kier alpha value is -1.76. The van der Waals surface area contributed by atoms with Crippen molar-refractivity contribution in [3.63, 3.8) is 0 Å². The highest BCUT2D eigenvalue weighted by Gasteiger charge is 2.30. The maximum Gasteiger partial charge on any atom is 0.235 e. The van der Waals surface area contributed by atoms with Crippen LogP contribution in [-0.2, 0) is 14.6 Å². The number of carbonyl (C=O) groups excluding carboxylic acids is 1. The van der Waals surface area contributed by atoms with Gasteiger partial charge in [0.25, 0.3) is 0 Å². The molecule has 1 atom stereocenters. The first-order valence-electron chi connectivity index (χ1n) is 4.77. The first-order chi connectivity index (χ1) is 7.80. The maximum atomic E-state index is 12.0. The average Bonchev–Trinajstić information content (AvgIpc) is 2.28. The Morgan fingerprint density at radius 2 is 2.00 bits per heavy atom. The fraction of sp³-hybridized carbons (Fsp3) is 0.300. The van der Waals surface area contributed by atoms with Crippen LogP contribution in [0.3, 0.4) is 0 Å². The zero-order valence-corrected chi connectivity index (χ0v) is 10.3. The van der Waals surface area contributed by atoms with E-state index >= 15 is 0 Å². The van der Waals surface area contributed by atoms with Crippen LogP contribution >= 0.6 is 0 Å². The molecule has 0 aliphatic heterocycles. The fourth-order valence-electron chi connectivity index (χ4n) is 1.23. The minimum Gasteiger partial charge on any atom is -0.497 e. The van der Waals surface area contributed by atoms with Crippen LogP contribution in [0.25, 0.3) is 0 Å². The number of ether oxygens (including phenoxy) is 1. The van der Waals surface area contributed by atoms with Gasteiger partial charge in [0.05, 0.1) is 17.7 Å². The molecule has 1 rings (SSSR count). The van der Waals surface area contributed by atoms with Crippen LogP contribution in [0.2, 0.25) is 0 Å². The Morgan fingerprint density at radius 3 is 2.47 bits per heavy atom. The van der Waals surface area contributed by atoms with E-state index in [0.29, 0.717) is 5.75 Å². The number of primary amides is 1. The predicted molar refractivity (Wildman–Crippen MR) is 63.2 cm³/mol. The minimum atomic E-state index is -3.88. The molecule has 0 aliphatic carbocycles. The smallest absolute Gasteiger partial charge is 0.235 e. The van der Waals surface area contributed by atoms with E-state index in [9.17, 15) is 13.2 Å². The summed E-state index contributed by atoms with van der Waals surface area (Å²) in [5, 5.41) is -1.34. The number of carbonyl (C=O) groups is 1. The molecule has 0 saturated heterocycles. The zero-order valence-electron chi connectivity index (χ0n) is 9.51. The van der Waals surface area contributed by atoms with Gasteiger partial charge in [0, 0.05) is 6.07 Å². The Bertz CT molecular complexity index is 539. The molecule has 1 unspecified atom stereocenters. The number of nitrogens with two attached hydrogens (primary N) is 2. The van der Waals surface area contributed by atoms with E-state index in [4.69, 9.17) is 16.2 Å². The normalized spacial score (nSPS) is 13.1. The number of sulfone groups is 1. The van der Waals surface area contributed by atoms with Gasteiger partial charge in [-0.15, -0.1) is 0 Å². The van der Waals surface area contributed by atoms with E-state index < -0.39 is 21.0 Å². The van der Waals surface area contributed by atoms with Crippen molar-refractivity contribution in [1.29, 1.82) is 0 Å². The van der Waals surface area contributed by atoms with Crippen molar-refractivity contribution in [3.8, 4) is 5.75 Å². The first-order valence-corrected chi connectivity index (χ1v) is 6.32. The summed E-state index contributed by atoms with van der Waals surface area (Å²) in [5.41, 5.74) is 10.6. The average molecular weight is 258 g/mol. The largest absolute Gasteiger partial charge is 0.497 e. The van der Waals surface area contributed by atoms with Crippen LogP contribution in [0, 0.1) is 0 Å². The summed E-state index contributed by atoms with van der Waals surface area (Å²) in [6, 6.07) is 4.20. The van der Waals surface area contributed by atoms with Crippen molar-refractivity contribution in [2.75, 3.05) is 12.8 Å². The fourth-order valence-corrected chi connectivity index (χ4v) is 2.60. The number of benzene rings is 1. The topological polar surface area (TPSA) is 112 Å². The maximum absolute atomic E-state index is 12.0. The summed E-state index contributed by atoms with van der Waals surface area (Å²) in [6.07, 6.45) is 0. The highest BCUT2D eigenvalue weighted by Crippen LogP contribution is 2.27. The standard InChI is InChI=1S/C10H14N2O4S/c1-6(10(12)13)17(14,15)9-5-7(16-2)3-4-8(9)11/h3-6H,11H2,1-2H3,(H2,12,13). The highest BCUT2D eigenvalue weighted by atomic mass is 32.2. The molecule has 0 spiro atoms. The molecule has 0 radical (unpaired) electrons. The van der Waals surface area contributed by atoms with Crippen molar-refractivity contribution in [1.82, 2.24) is 0 Å². The number of amides is 1. The molecule has 17 heavy (non-hydrogen) atoms. The van der Waals surface area contributed by atoms with Gasteiger partial charge < -0.3 is 16.2 Å². The second-order valence-electron chi connectivity index (χ2n) is 3.49. The van der Waals surface area contributed by atoms with Gasteiger partial charge in [-0.05, 0) is 19.1 Å². The number of methoxy groups -OCH3 is 1. The molecule has 1 aromatic rings. The van der Waals surface area contributed by atoms with Crippen LogP contribution in [0.15, 0.2) is 23.1 Å². The van der Waals surface area contributed by atoms with Crippen molar-refractivity contribution < 1.29 is 17.9 Å². The molecule has 1 aromatic carbocycles. The quantitative estimate of drug-likeness (QED) is 0.734. The molecular formula is C10H14N2O4S. The van der Waals surface area contributed by atoms with Gasteiger partial charge >= 0.3 is 0 Å². The summed E-state index contributed by atoms with van der Waals surface area (Å²) >= 11 is 0. The molecule has 7 heteroatoms. The number of anilines is 1. The van der Waals surface area contributed by atoms with Crippen LogP contribution in [0.1, 0.15) is 6.92 Å². The lowest BCUT2D eigenvalue weighted by Gasteiger charge is -2.12. The second-order valence-corrected chi connectivity index (χ2v) is 5.73. The number of hydrogen-bond donors (Lipinski definition) is 2. The molecule has 94 valence electrons. The third-order valence-corrected chi connectivity index (χ3v) is 4.52. The summed E-state index contributed by atoms with van der Waals surface area (Å²) in [7, 11) is -2.48. The van der Waals surface area contributed by atoms with Gasteiger partial charge in [-0.1, -0.05) is 0 Å². The molecule has 0 saturated carbocycles. The number of hydrogen-bond acceptors (Lipinski definition) is 5. The van der Waals surface area contributed by atoms with E-state index in [1.54, 1.807) is 0 Å². The summed E-state index contributed by atoms with van der Waals surface area (Å²) in [6.45, 7) is 1.22. The predicted octanol–water partition coefficient (Wildman–Crippen LogP) is -0.0751. The van der Waals surface area contributed by atoms with Crippen LogP contribution in [0.4, 0.5) is 5.69 Å². The molecule has 0 fully saturated rings. The zero-order chi connectivity index (χ0) is 13.2. The Kier molecular flexibility index (Phi) is 3.62. The molecule has 6 nitrogen and oxygen atoms in total. The van der Waals surface area contributed by atoms with Crippen LogP contribution in [-0.4, -0.2) is 26.7 Å². The van der Waals surface area contributed by atoms with E-state index in [2.05, 4.69) is 0 Å². The van der Waals surface area contributed by atoms with E-state index in [1.807, 2.05) is 0 Å². The van der Waals surface area contributed by atoms with Crippen LogP contribution < -0.4 is 16.2 Å². The van der Waals surface area contributed by atoms with E-state index in [1.165, 1.54) is 32.2 Å². The number of nitrogen functional groups attached to an aromatic ring is 1. The van der Waals surface area contributed by atoms with Gasteiger partial charge in [-0.2, -0.15) is 0 Å². The lowest BCUT2D eigenvalue weighted by atomic mass is 10.3. The lowest BCUT2D eigenvalue weighted by Crippen LogP contribution is -2.33. The molecule has 0 aliphatic rings. The molecule has 4 N–H and O–H groups in total. The third kappa shape index (κ3) is 2.50. The van der Waals surface area contributed by atoms with Crippen molar-refractivity contribution in [2.24, 2.45) is 5.73 Å². The Balaban J connectivity index is 3.37. The van der Waals surface area contributed by atoms with Gasteiger partial charge in [0.15, 0.2) is 9.84 Å². The molecular weight excluding hydrogens is 244 g/mol. The first kappa shape index (κ1) is 13.3. The highest BCUT2D eigenvalue weighted by molar-refractivity contribution is 7.93. The molecule has 0 bridgehead atoms. The molecule has 0 heterocycles. The van der Waals surface area contributed by atoms with Gasteiger partial charge in [0.2, 0.25) is 5.91 Å². The summed E-state index contributed by atoms with van der Waals surface area (Å²) in [4.78, 5) is 10.8. The van der Waals surface area contributed by atoms with E-state index in [0.717, 1.165) is 0 Å². The van der Waals surface area contributed by atoms with Crippen molar-refractivity contribution in [2.45, 2.75) is 17.1 Å². The monoisotopic (exact) mass is 258 g/mol. The van der Waals surface area contributed by atoms with Crippen molar-refractivity contribution in [3.05, 3.63) is 18.2 Å². The van der Waals surface area contributed by atoms with Crippen LogP contribution in [0.5, 0.6) is 5.75 Å². The SMILES string of the molecule is COc1ccc(N)c(S(=O)(=O)C(C)C(N)=O)c1. The third-order valence-electron chi connectivity index (χ3n) is 2.39. The molecule has 0 aromatic heterocycles. The van der Waals surface area contributed by atoms with Gasteiger partial charge in [-0.25, -0.2) is 8.42 Å². The Labute approximate surface area is 99.5 Å². The van der Waals surface area contributed by atoms with Crippen molar-refractivity contribution >= 4 is 21.4 Å². The minimum absolute atomic E-state index is 0.0545. The summed E-state index contributed by atoms with van der Waals surface area (Å²) < 4.78 is 29.0. The van der Waals surface area contributed by atoms with E-state index in [-0.39, 0.29) is 10.6 Å². The second kappa shape index (κ2) is 4.62. The molecule has 1 amide bonds.